The first-order valence-corrected chi connectivity index (χ1v) is 6.11. The summed E-state index contributed by atoms with van der Waals surface area (Å²) in [5, 5.41) is 3.47. The highest BCUT2D eigenvalue weighted by Gasteiger charge is 2.02. The fourth-order valence-corrected chi connectivity index (χ4v) is 1.40. The minimum absolute atomic E-state index is 0.0146. The molecule has 0 aliphatic carbocycles. The van der Waals surface area contributed by atoms with Crippen molar-refractivity contribution in [1.82, 2.24) is 5.32 Å². The van der Waals surface area contributed by atoms with E-state index < -0.39 is 0 Å². The second kappa shape index (κ2) is 7.17. The van der Waals surface area contributed by atoms with Gasteiger partial charge in [0.1, 0.15) is 5.75 Å². The Hall–Kier alpha value is -1.22. The predicted molar refractivity (Wildman–Crippen MR) is 69.4 cm³/mol. The summed E-state index contributed by atoms with van der Waals surface area (Å²) in [7, 11) is 0. The molecule has 0 spiro atoms. The molecule has 3 nitrogen and oxygen atoms in total. The first-order chi connectivity index (χ1) is 8.08. The number of hydrogen-bond acceptors (Lipinski definition) is 2. The molecule has 17 heavy (non-hydrogen) atoms. The van der Waals surface area contributed by atoms with Crippen molar-refractivity contribution >= 4 is 17.5 Å². The predicted octanol–water partition coefficient (Wildman–Crippen LogP) is 2.88. The molecule has 1 N–H and O–H groups in total. The van der Waals surface area contributed by atoms with Crippen molar-refractivity contribution < 1.29 is 9.53 Å². The number of ether oxygens (including phenoxy) is 1. The lowest BCUT2D eigenvalue weighted by Crippen LogP contribution is -2.28. The van der Waals surface area contributed by atoms with Crippen LogP contribution in [0.4, 0.5) is 0 Å². The smallest absolute Gasteiger partial charge is 0.223 e. The normalized spacial score (nSPS) is 10.4. The molecular weight excluding hydrogens is 238 g/mol. The maximum Gasteiger partial charge on any atom is 0.223 e. The van der Waals surface area contributed by atoms with Crippen LogP contribution in [-0.2, 0) is 4.79 Å². The van der Waals surface area contributed by atoms with Gasteiger partial charge >= 0.3 is 0 Å². The van der Waals surface area contributed by atoms with Crippen molar-refractivity contribution in [2.45, 2.75) is 20.3 Å². The summed E-state index contributed by atoms with van der Waals surface area (Å²) < 4.78 is 5.42. The average Bonchev–Trinajstić information content (AvgIpc) is 2.26. The van der Waals surface area contributed by atoms with Crippen LogP contribution in [0.1, 0.15) is 20.3 Å². The maximum absolute atomic E-state index is 11.4. The Morgan fingerprint density at radius 1 is 1.47 bits per heavy atom. The lowest BCUT2D eigenvalue weighted by atomic mass is 10.2. The second-order valence-corrected chi connectivity index (χ2v) is 4.69. The van der Waals surface area contributed by atoms with E-state index in [0.717, 1.165) is 0 Å². The van der Waals surface area contributed by atoms with E-state index in [9.17, 15) is 4.79 Å². The van der Waals surface area contributed by atoms with Gasteiger partial charge in [0.2, 0.25) is 5.91 Å². The van der Waals surface area contributed by atoms with Crippen LogP contribution in [0.3, 0.4) is 0 Å². The monoisotopic (exact) mass is 255 g/mol. The standard InChI is InChI=1S/C13H18ClNO2/c1-10(2)9-15-13(16)6-7-17-12-5-3-4-11(14)8-12/h3-5,8,10H,6-7,9H2,1-2H3,(H,15,16). The molecule has 1 rings (SSSR count). The van der Waals surface area contributed by atoms with Gasteiger partial charge in [-0.15, -0.1) is 0 Å². The molecule has 4 heteroatoms. The Morgan fingerprint density at radius 3 is 2.88 bits per heavy atom. The lowest BCUT2D eigenvalue weighted by Gasteiger charge is -2.08. The van der Waals surface area contributed by atoms with Crippen LogP contribution in [0.2, 0.25) is 5.02 Å². The van der Waals surface area contributed by atoms with Crippen LogP contribution in [0.5, 0.6) is 5.75 Å². The summed E-state index contributed by atoms with van der Waals surface area (Å²) in [4.78, 5) is 11.4. The molecule has 0 aromatic heterocycles. The van der Waals surface area contributed by atoms with Crippen LogP contribution in [-0.4, -0.2) is 19.1 Å². The largest absolute Gasteiger partial charge is 0.493 e. The van der Waals surface area contributed by atoms with E-state index in [-0.39, 0.29) is 5.91 Å². The number of amides is 1. The topological polar surface area (TPSA) is 38.3 Å². The highest BCUT2D eigenvalue weighted by atomic mass is 35.5. The minimum atomic E-state index is 0.0146. The Kier molecular flexibility index (Phi) is 5.84. The van der Waals surface area contributed by atoms with Crippen molar-refractivity contribution in [2.75, 3.05) is 13.2 Å². The van der Waals surface area contributed by atoms with E-state index in [1.807, 2.05) is 12.1 Å². The van der Waals surface area contributed by atoms with E-state index in [1.54, 1.807) is 12.1 Å². The third-order valence-corrected chi connectivity index (χ3v) is 2.34. The van der Waals surface area contributed by atoms with Gasteiger partial charge in [-0.05, 0) is 24.1 Å². The van der Waals surface area contributed by atoms with Crippen molar-refractivity contribution in [3.05, 3.63) is 29.3 Å². The fraction of sp³-hybridized carbons (Fsp3) is 0.462. The molecule has 0 radical (unpaired) electrons. The summed E-state index contributed by atoms with van der Waals surface area (Å²) in [6.07, 6.45) is 0.360. The summed E-state index contributed by atoms with van der Waals surface area (Å²) in [6, 6.07) is 7.14. The molecule has 0 heterocycles. The van der Waals surface area contributed by atoms with E-state index >= 15 is 0 Å². The van der Waals surface area contributed by atoms with E-state index in [1.165, 1.54) is 0 Å². The number of benzene rings is 1. The molecule has 1 amide bonds. The quantitative estimate of drug-likeness (QED) is 0.849. The first kappa shape index (κ1) is 13.8. The highest BCUT2D eigenvalue weighted by molar-refractivity contribution is 6.30. The van der Waals surface area contributed by atoms with E-state index in [4.69, 9.17) is 16.3 Å². The molecule has 94 valence electrons. The van der Waals surface area contributed by atoms with Gasteiger partial charge in [0.05, 0.1) is 13.0 Å². The third-order valence-electron chi connectivity index (χ3n) is 2.10. The molecular formula is C13H18ClNO2. The SMILES string of the molecule is CC(C)CNC(=O)CCOc1cccc(Cl)c1. The van der Waals surface area contributed by atoms with Gasteiger partial charge in [-0.25, -0.2) is 0 Å². The van der Waals surface area contributed by atoms with Gasteiger partial charge < -0.3 is 10.1 Å². The zero-order valence-corrected chi connectivity index (χ0v) is 11.0. The molecule has 1 aromatic rings. The highest BCUT2D eigenvalue weighted by Crippen LogP contribution is 2.16. The van der Waals surface area contributed by atoms with Gasteiger partial charge in [-0.1, -0.05) is 31.5 Å². The van der Waals surface area contributed by atoms with Crippen molar-refractivity contribution in [3.8, 4) is 5.75 Å². The Bertz CT molecular complexity index is 366. The number of nitrogens with one attached hydrogen (secondary N) is 1. The fourth-order valence-electron chi connectivity index (χ4n) is 1.22. The number of carbonyl (C=O) groups is 1. The molecule has 0 saturated carbocycles. The van der Waals surface area contributed by atoms with Gasteiger partial charge in [0.25, 0.3) is 0 Å². The molecule has 0 aliphatic rings. The van der Waals surface area contributed by atoms with Crippen LogP contribution >= 0.6 is 11.6 Å². The number of rotatable bonds is 6. The Labute approximate surface area is 107 Å². The van der Waals surface area contributed by atoms with Crippen LogP contribution in [0.15, 0.2) is 24.3 Å². The lowest BCUT2D eigenvalue weighted by molar-refractivity contribution is -0.121. The zero-order valence-electron chi connectivity index (χ0n) is 10.2. The zero-order chi connectivity index (χ0) is 12.7. The molecule has 0 saturated heterocycles. The third kappa shape index (κ3) is 6.17. The number of halogens is 1. The minimum Gasteiger partial charge on any atom is -0.493 e. The average molecular weight is 256 g/mol. The van der Waals surface area contributed by atoms with E-state index in [2.05, 4.69) is 19.2 Å². The number of carbonyl (C=O) groups excluding carboxylic acids is 1. The van der Waals surface area contributed by atoms with Crippen LogP contribution in [0.25, 0.3) is 0 Å². The summed E-state index contributed by atoms with van der Waals surface area (Å²) >= 11 is 5.81. The van der Waals surface area contributed by atoms with Gasteiger partial charge in [-0.2, -0.15) is 0 Å². The van der Waals surface area contributed by atoms with Gasteiger partial charge in [-0.3, -0.25) is 4.79 Å². The maximum atomic E-state index is 11.4. The Morgan fingerprint density at radius 2 is 2.24 bits per heavy atom. The summed E-state index contributed by atoms with van der Waals surface area (Å²) in [6.45, 7) is 5.19. The summed E-state index contributed by atoms with van der Waals surface area (Å²) in [5.74, 6) is 1.17. The van der Waals surface area contributed by atoms with Crippen molar-refractivity contribution in [1.29, 1.82) is 0 Å². The Balaban J connectivity index is 2.21. The molecule has 0 unspecified atom stereocenters. The molecule has 0 aliphatic heterocycles. The second-order valence-electron chi connectivity index (χ2n) is 4.25. The van der Waals surface area contributed by atoms with Crippen LogP contribution < -0.4 is 10.1 Å². The van der Waals surface area contributed by atoms with Gasteiger partial charge in [0.15, 0.2) is 0 Å². The van der Waals surface area contributed by atoms with Crippen LogP contribution in [0, 0.1) is 5.92 Å². The van der Waals surface area contributed by atoms with Gasteiger partial charge in [0, 0.05) is 11.6 Å². The number of hydrogen-bond donors (Lipinski definition) is 1. The molecule has 0 fully saturated rings. The first-order valence-electron chi connectivity index (χ1n) is 5.73. The molecule has 1 aromatic carbocycles. The van der Waals surface area contributed by atoms with E-state index in [0.29, 0.717) is 36.3 Å². The summed E-state index contributed by atoms with van der Waals surface area (Å²) in [5.41, 5.74) is 0. The van der Waals surface area contributed by atoms with Crippen molar-refractivity contribution in [3.63, 3.8) is 0 Å². The van der Waals surface area contributed by atoms with Crippen molar-refractivity contribution in [2.24, 2.45) is 5.92 Å². The molecule has 0 bridgehead atoms. The molecule has 0 atom stereocenters.